The number of hydrogen-bond donors (Lipinski definition) is 1. The highest BCUT2D eigenvalue weighted by atomic mass is 79.9. The summed E-state index contributed by atoms with van der Waals surface area (Å²) in [5.41, 5.74) is 8.05. The first-order valence-corrected chi connectivity index (χ1v) is 6.64. The predicted molar refractivity (Wildman–Crippen MR) is 76.0 cm³/mol. The van der Waals surface area contributed by atoms with Crippen molar-refractivity contribution >= 4 is 27.5 Å². The average molecular weight is 330 g/mol. The summed E-state index contributed by atoms with van der Waals surface area (Å²) < 4.78 is 2.58. The Morgan fingerprint density at radius 2 is 2.06 bits per heavy atom. The summed E-state index contributed by atoms with van der Waals surface area (Å²) in [4.78, 5) is 0. The molecular weight excluding hydrogens is 316 g/mol. The lowest BCUT2D eigenvalue weighted by molar-refractivity contribution is 0.533. The van der Waals surface area contributed by atoms with Crippen LogP contribution >= 0.6 is 27.5 Å². The van der Waals surface area contributed by atoms with Crippen LogP contribution in [-0.2, 0) is 5.54 Å². The first-order chi connectivity index (χ1) is 8.29. The van der Waals surface area contributed by atoms with Crippen molar-refractivity contribution in [2.45, 2.75) is 26.3 Å². The van der Waals surface area contributed by atoms with E-state index in [4.69, 9.17) is 17.3 Å². The Bertz CT molecular complexity index is 586. The molecule has 0 amide bonds. The summed E-state index contributed by atoms with van der Waals surface area (Å²) in [6, 6.07) is 3.80. The van der Waals surface area contributed by atoms with Gasteiger partial charge in [-0.3, -0.25) is 0 Å². The molecule has 6 heteroatoms. The molecule has 0 aliphatic carbocycles. The van der Waals surface area contributed by atoms with Gasteiger partial charge in [-0.1, -0.05) is 16.8 Å². The number of nitrogens with zero attached hydrogens (tertiary/aromatic N) is 3. The van der Waals surface area contributed by atoms with Crippen molar-refractivity contribution < 1.29 is 0 Å². The summed E-state index contributed by atoms with van der Waals surface area (Å²) in [7, 11) is 0. The highest BCUT2D eigenvalue weighted by Crippen LogP contribution is 2.28. The maximum atomic E-state index is 6.13. The van der Waals surface area contributed by atoms with E-state index in [1.807, 2.05) is 39.1 Å². The maximum absolute atomic E-state index is 6.13. The molecular formula is C12H14BrClN4. The number of nitrogens with two attached hydrogens (primary N) is 1. The zero-order valence-corrected chi connectivity index (χ0v) is 12.7. The van der Waals surface area contributed by atoms with Crippen molar-refractivity contribution in [3.63, 3.8) is 0 Å². The molecule has 0 bridgehead atoms. The van der Waals surface area contributed by atoms with Crippen molar-refractivity contribution in [2.24, 2.45) is 5.73 Å². The van der Waals surface area contributed by atoms with Gasteiger partial charge in [-0.05, 0) is 54.4 Å². The zero-order valence-electron chi connectivity index (χ0n) is 10.4. The van der Waals surface area contributed by atoms with Crippen LogP contribution in [0.3, 0.4) is 0 Å². The van der Waals surface area contributed by atoms with E-state index in [2.05, 4.69) is 26.2 Å². The summed E-state index contributed by atoms with van der Waals surface area (Å²) in [6.45, 7) is 5.73. The van der Waals surface area contributed by atoms with Crippen LogP contribution in [0.25, 0.3) is 5.69 Å². The van der Waals surface area contributed by atoms with Gasteiger partial charge in [0.2, 0.25) is 0 Å². The molecule has 2 aromatic rings. The molecule has 96 valence electrons. The molecule has 4 nitrogen and oxygen atoms in total. The summed E-state index contributed by atoms with van der Waals surface area (Å²) in [6.07, 6.45) is 1.81. The third kappa shape index (κ3) is 2.58. The Morgan fingerprint density at radius 3 is 2.61 bits per heavy atom. The SMILES string of the molecule is Cc1cc(Br)c(-n2cc(C(C)(C)N)nn2)cc1Cl. The molecule has 0 atom stereocenters. The molecule has 2 N–H and O–H groups in total. The molecule has 0 fully saturated rings. The highest BCUT2D eigenvalue weighted by Gasteiger charge is 2.19. The monoisotopic (exact) mass is 328 g/mol. The van der Waals surface area contributed by atoms with Gasteiger partial charge < -0.3 is 5.73 Å². The van der Waals surface area contributed by atoms with Crippen molar-refractivity contribution in [3.05, 3.63) is 39.1 Å². The molecule has 0 spiro atoms. The first-order valence-electron chi connectivity index (χ1n) is 5.47. The lowest BCUT2D eigenvalue weighted by Gasteiger charge is -2.13. The second-order valence-corrected chi connectivity index (χ2v) is 6.08. The summed E-state index contributed by atoms with van der Waals surface area (Å²) in [5, 5.41) is 8.86. The lowest BCUT2D eigenvalue weighted by Crippen LogP contribution is -2.29. The molecule has 18 heavy (non-hydrogen) atoms. The van der Waals surface area contributed by atoms with Gasteiger partial charge in [0, 0.05) is 9.50 Å². The van der Waals surface area contributed by atoms with Crippen molar-refractivity contribution in [3.8, 4) is 5.69 Å². The molecule has 0 aliphatic rings. The minimum atomic E-state index is -0.515. The van der Waals surface area contributed by atoms with Crippen LogP contribution in [0.1, 0.15) is 25.1 Å². The third-order valence-electron chi connectivity index (χ3n) is 2.63. The van der Waals surface area contributed by atoms with Crippen LogP contribution in [0.2, 0.25) is 5.02 Å². The van der Waals surface area contributed by atoms with E-state index in [0.29, 0.717) is 5.02 Å². The van der Waals surface area contributed by atoms with Crippen LogP contribution in [0, 0.1) is 6.92 Å². The van der Waals surface area contributed by atoms with Gasteiger partial charge in [-0.25, -0.2) is 4.68 Å². The molecule has 1 aromatic carbocycles. The fraction of sp³-hybridized carbons (Fsp3) is 0.333. The van der Waals surface area contributed by atoms with Gasteiger partial charge in [0.1, 0.15) is 5.69 Å². The van der Waals surface area contributed by atoms with Gasteiger partial charge in [-0.2, -0.15) is 0 Å². The summed E-state index contributed by atoms with van der Waals surface area (Å²) in [5.74, 6) is 0. The van der Waals surface area contributed by atoms with E-state index in [9.17, 15) is 0 Å². The smallest absolute Gasteiger partial charge is 0.102 e. The molecule has 0 aliphatic heterocycles. The van der Waals surface area contributed by atoms with E-state index < -0.39 is 5.54 Å². The van der Waals surface area contributed by atoms with Gasteiger partial charge in [0.05, 0.1) is 17.4 Å². The normalized spacial score (nSPS) is 11.9. The quantitative estimate of drug-likeness (QED) is 0.920. The Balaban J connectivity index is 2.50. The lowest BCUT2D eigenvalue weighted by atomic mass is 10.0. The Labute approximate surface area is 119 Å². The van der Waals surface area contributed by atoms with Crippen LogP contribution in [0.4, 0.5) is 0 Å². The molecule has 0 unspecified atom stereocenters. The molecule has 0 saturated heterocycles. The number of hydrogen-bond acceptors (Lipinski definition) is 3. The minimum Gasteiger partial charge on any atom is -0.320 e. The van der Waals surface area contributed by atoms with Crippen LogP contribution in [0.5, 0.6) is 0 Å². The second kappa shape index (κ2) is 4.64. The first kappa shape index (κ1) is 13.5. The molecule has 0 radical (unpaired) electrons. The molecule has 1 aromatic heterocycles. The average Bonchev–Trinajstić information content (AvgIpc) is 2.72. The number of benzene rings is 1. The van der Waals surface area contributed by atoms with Gasteiger partial charge in [0.25, 0.3) is 0 Å². The topological polar surface area (TPSA) is 56.7 Å². The van der Waals surface area contributed by atoms with E-state index >= 15 is 0 Å². The Kier molecular flexibility index (Phi) is 3.49. The fourth-order valence-corrected chi connectivity index (χ4v) is 2.29. The van der Waals surface area contributed by atoms with Crippen molar-refractivity contribution in [1.29, 1.82) is 0 Å². The van der Waals surface area contributed by atoms with Gasteiger partial charge in [-0.15, -0.1) is 5.10 Å². The second-order valence-electron chi connectivity index (χ2n) is 4.82. The number of halogens is 2. The van der Waals surface area contributed by atoms with E-state index in [1.54, 1.807) is 4.68 Å². The Morgan fingerprint density at radius 1 is 1.39 bits per heavy atom. The number of aryl methyl sites for hydroxylation is 1. The van der Waals surface area contributed by atoms with Crippen LogP contribution < -0.4 is 5.73 Å². The fourth-order valence-electron chi connectivity index (χ4n) is 1.49. The van der Waals surface area contributed by atoms with Crippen molar-refractivity contribution in [2.75, 3.05) is 0 Å². The molecule has 2 rings (SSSR count). The Hall–Kier alpha value is -0.910. The predicted octanol–water partition coefficient (Wildman–Crippen LogP) is 3.19. The highest BCUT2D eigenvalue weighted by molar-refractivity contribution is 9.10. The standard InChI is InChI=1S/C12H14BrClN4/c1-7-4-8(13)10(5-9(7)14)18-6-11(16-17-18)12(2,3)15/h4-6H,15H2,1-3H3. The van der Waals surface area contributed by atoms with Gasteiger partial charge >= 0.3 is 0 Å². The van der Waals surface area contributed by atoms with Crippen LogP contribution in [-0.4, -0.2) is 15.0 Å². The number of aromatic nitrogens is 3. The molecule has 1 heterocycles. The van der Waals surface area contributed by atoms with E-state index in [-0.39, 0.29) is 0 Å². The van der Waals surface area contributed by atoms with Gasteiger partial charge in [0.15, 0.2) is 0 Å². The van der Waals surface area contributed by atoms with E-state index in [1.165, 1.54) is 0 Å². The zero-order chi connectivity index (χ0) is 13.5. The minimum absolute atomic E-state index is 0.515. The van der Waals surface area contributed by atoms with Crippen LogP contribution in [0.15, 0.2) is 22.8 Å². The third-order valence-corrected chi connectivity index (χ3v) is 3.67. The largest absolute Gasteiger partial charge is 0.320 e. The van der Waals surface area contributed by atoms with Crippen molar-refractivity contribution in [1.82, 2.24) is 15.0 Å². The number of rotatable bonds is 2. The summed E-state index contributed by atoms with van der Waals surface area (Å²) >= 11 is 9.62. The maximum Gasteiger partial charge on any atom is 0.102 e. The van der Waals surface area contributed by atoms with E-state index in [0.717, 1.165) is 21.4 Å². The molecule has 0 saturated carbocycles.